The van der Waals surface area contributed by atoms with Gasteiger partial charge in [-0.25, -0.2) is 12.8 Å². The molecular weight excluding hydrogens is 383 g/mol. The van der Waals surface area contributed by atoms with Crippen molar-refractivity contribution >= 4 is 33.1 Å². The molecule has 0 radical (unpaired) electrons. The monoisotopic (exact) mass is 396 g/mol. The summed E-state index contributed by atoms with van der Waals surface area (Å²) in [5.41, 5.74) is 0.642. The molecule has 136 valence electrons. The summed E-state index contributed by atoms with van der Waals surface area (Å²) in [6.07, 6.45) is 1.51. The van der Waals surface area contributed by atoms with Crippen LogP contribution in [-0.2, 0) is 10.0 Å². The Labute approximate surface area is 153 Å². The molecule has 1 fully saturated rings. The van der Waals surface area contributed by atoms with Crippen molar-refractivity contribution in [2.75, 3.05) is 31.1 Å². The normalized spacial score (nSPS) is 16.3. The molecule has 1 aromatic carbocycles. The molecule has 11 heteroatoms. The third-order valence-electron chi connectivity index (χ3n) is 4.24. The van der Waals surface area contributed by atoms with Crippen molar-refractivity contribution in [3.63, 3.8) is 0 Å². The summed E-state index contributed by atoms with van der Waals surface area (Å²) < 4.78 is 41.7. The summed E-state index contributed by atoms with van der Waals surface area (Å²) in [7, 11) is -3.72. The summed E-state index contributed by atoms with van der Waals surface area (Å²) in [5.74, 6) is 0.0741. The van der Waals surface area contributed by atoms with E-state index in [4.69, 9.17) is 11.6 Å². The standard InChI is InChI=1S/C15H14ClFN6O2S/c16-12-9-11(1-2-13(12)17)26(24,25)22-7-5-21(6-8-22)15-4-3-14-19-18-10-23(14)20-15/h1-4,9-10H,5-8H2. The first-order valence-electron chi connectivity index (χ1n) is 7.82. The third-order valence-corrected chi connectivity index (χ3v) is 6.42. The lowest BCUT2D eigenvalue weighted by Gasteiger charge is -2.34. The van der Waals surface area contributed by atoms with Gasteiger partial charge in [0.05, 0.1) is 9.92 Å². The van der Waals surface area contributed by atoms with E-state index in [-0.39, 0.29) is 9.92 Å². The largest absolute Gasteiger partial charge is 0.353 e. The SMILES string of the molecule is O=S(=O)(c1ccc(F)c(Cl)c1)N1CCN(c2ccc3nncn3n2)CC1. The number of halogens is 2. The second kappa shape index (κ2) is 6.45. The highest BCUT2D eigenvalue weighted by Crippen LogP contribution is 2.24. The molecule has 4 rings (SSSR count). The second-order valence-corrected chi connectivity index (χ2v) is 8.14. The molecule has 0 atom stereocenters. The maximum Gasteiger partial charge on any atom is 0.243 e. The minimum atomic E-state index is -3.72. The number of aromatic nitrogens is 4. The molecule has 0 amide bonds. The van der Waals surface area contributed by atoms with Gasteiger partial charge in [-0.15, -0.1) is 15.3 Å². The molecule has 1 aliphatic heterocycles. The Morgan fingerprint density at radius 2 is 1.85 bits per heavy atom. The zero-order chi connectivity index (χ0) is 18.3. The van der Waals surface area contributed by atoms with Crippen LogP contribution in [0.25, 0.3) is 5.65 Å². The van der Waals surface area contributed by atoms with Crippen LogP contribution in [0.15, 0.2) is 41.6 Å². The molecule has 3 aromatic rings. The number of benzene rings is 1. The number of anilines is 1. The quantitative estimate of drug-likeness (QED) is 0.666. The molecule has 0 spiro atoms. The van der Waals surface area contributed by atoms with Crippen LogP contribution in [0, 0.1) is 5.82 Å². The minimum Gasteiger partial charge on any atom is -0.353 e. The second-order valence-electron chi connectivity index (χ2n) is 5.79. The van der Waals surface area contributed by atoms with Crippen LogP contribution in [0.4, 0.5) is 10.2 Å². The van der Waals surface area contributed by atoms with E-state index in [9.17, 15) is 12.8 Å². The fourth-order valence-corrected chi connectivity index (χ4v) is 4.53. The molecule has 1 saturated heterocycles. The average Bonchev–Trinajstić information content (AvgIpc) is 3.11. The van der Waals surface area contributed by atoms with Crippen molar-refractivity contribution in [2.45, 2.75) is 4.90 Å². The van der Waals surface area contributed by atoms with Gasteiger partial charge in [0.15, 0.2) is 5.65 Å². The fraction of sp³-hybridized carbons (Fsp3) is 0.267. The highest BCUT2D eigenvalue weighted by atomic mass is 35.5. The Hall–Kier alpha value is -2.30. The van der Waals surface area contributed by atoms with Crippen LogP contribution in [0.2, 0.25) is 5.02 Å². The van der Waals surface area contributed by atoms with Crippen LogP contribution in [-0.4, -0.2) is 58.7 Å². The van der Waals surface area contributed by atoms with Crippen molar-refractivity contribution in [1.29, 1.82) is 0 Å². The number of sulfonamides is 1. The van der Waals surface area contributed by atoms with E-state index < -0.39 is 15.8 Å². The Balaban J connectivity index is 1.51. The van der Waals surface area contributed by atoms with Crippen molar-refractivity contribution in [3.05, 3.63) is 47.5 Å². The van der Waals surface area contributed by atoms with Crippen molar-refractivity contribution in [1.82, 2.24) is 24.1 Å². The molecule has 2 aromatic heterocycles. The van der Waals surface area contributed by atoms with E-state index in [0.717, 1.165) is 18.0 Å². The molecule has 0 aliphatic carbocycles. The van der Waals surface area contributed by atoms with Crippen molar-refractivity contribution < 1.29 is 12.8 Å². The first-order chi connectivity index (χ1) is 12.4. The lowest BCUT2D eigenvalue weighted by Crippen LogP contribution is -2.49. The zero-order valence-corrected chi connectivity index (χ0v) is 15.0. The van der Waals surface area contributed by atoms with Gasteiger partial charge in [0.2, 0.25) is 10.0 Å². The molecule has 0 N–H and O–H groups in total. The third kappa shape index (κ3) is 3.00. The van der Waals surface area contributed by atoms with E-state index in [0.29, 0.717) is 31.8 Å². The molecule has 0 unspecified atom stereocenters. The van der Waals surface area contributed by atoms with Gasteiger partial charge in [0, 0.05) is 26.2 Å². The van der Waals surface area contributed by atoms with Crippen LogP contribution < -0.4 is 4.90 Å². The van der Waals surface area contributed by atoms with Gasteiger partial charge in [-0.2, -0.15) is 8.82 Å². The van der Waals surface area contributed by atoms with Gasteiger partial charge in [-0.1, -0.05) is 11.6 Å². The van der Waals surface area contributed by atoms with E-state index in [2.05, 4.69) is 15.3 Å². The van der Waals surface area contributed by atoms with Gasteiger partial charge in [-0.05, 0) is 30.3 Å². The lowest BCUT2D eigenvalue weighted by molar-refractivity contribution is 0.383. The van der Waals surface area contributed by atoms with Crippen LogP contribution in [0.1, 0.15) is 0 Å². The summed E-state index contributed by atoms with van der Waals surface area (Å²) in [6.45, 7) is 1.54. The smallest absolute Gasteiger partial charge is 0.243 e. The highest BCUT2D eigenvalue weighted by molar-refractivity contribution is 7.89. The van der Waals surface area contributed by atoms with Gasteiger partial charge < -0.3 is 4.90 Å². The van der Waals surface area contributed by atoms with Gasteiger partial charge in [0.25, 0.3) is 0 Å². The Kier molecular flexibility index (Phi) is 4.25. The average molecular weight is 397 g/mol. The molecular formula is C15H14ClFN6O2S. The van der Waals surface area contributed by atoms with Crippen molar-refractivity contribution in [2.24, 2.45) is 0 Å². The van der Waals surface area contributed by atoms with Gasteiger partial charge >= 0.3 is 0 Å². The predicted molar refractivity (Wildman–Crippen MR) is 93.2 cm³/mol. The number of fused-ring (bicyclic) bond motifs is 1. The predicted octanol–water partition coefficient (Wildman–Crippen LogP) is 1.43. The highest BCUT2D eigenvalue weighted by Gasteiger charge is 2.29. The zero-order valence-electron chi connectivity index (χ0n) is 13.5. The van der Waals surface area contributed by atoms with Crippen LogP contribution in [0.5, 0.6) is 0 Å². The fourth-order valence-electron chi connectivity index (χ4n) is 2.83. The first kappa shape index (κ1) is 17.1. The van der Waals surface area contributed by atoms with E-state index in [1.54, 1.807) is 10.6 Å². The number of nitrogens with zero attached hydrogens (tertiary/aromatic N) is 6. The summed E-state index contributed by atoms with van der Waals surface area (Å²) in [4.78, 5) is 1.98. The minimum absolute atomic E-state index is 0.0126. The maximum absolute atomic E-state index is 13.3. The lowest BCUT2D eigenvalue weighted by atomic mass is 10.3. The number of hydrogen-bond acceptors (Lipinski definition) is 6. The van der Waals surface area contributed by atoms with Gasteiger partial charge in [-0.3, -0.25) is 0 Å². The number of rotatable bonds is 3. The Morgan fingerprint density at radius 3 is 2.58 bits per heavy atom. The van der Waals surface area contributed by atoms with E-state index >= 15 is 0 Å². The molecule has 0 saturated carbocycles. The van der Waals surface area contributed by atoms with Crippen LogP contribution in [0.3, 0.4) is 0 Å². The van der Waals surface area contributed by atoms with Crippen LogP contribution >= 0.6 is 11.6 Å². The summed E-state index contributed by atoms with van der Waals surface area (Å²) in [5, 5.41) is 11.9. The Morgan fingerprint density at radius 1 is 1.08 bits per heavy atom. The number of hydrogen-bond donors (Lipinski definition) is 0. The van der Waals surface area contributed by atoms with Crippen molar-refractivity contribution in [3.8, 4) is 0 Å². The number of piperazine rings is 1. The molecule has 1 aliphatic rings. The molecule has 0 bridgehead atoms. The summed E-state index contributed by atoms with van der Waals surface area (Å²) in [6, 6.07) is 7.06. The maximum atomic E-state index is 13.3. The van der Waals surface area contributed by atoms with E-state index in [1.807, 2.05) is 11.0 Å². The molecule has 8 nitrogen and oxygen atoms in total. The van der Waals surface area contributed by atoms with E-state index in [1.165, 1.54) is 16.7 Å². The Bertz CT molecular complexity index is 1060. The first-order valence-corrected chi connectivity index (χ1v) is 9.64. The molecule has 26 heavy (non-hydrogen) atoms. The molecule has 3 heterocycles. The topological polar surface area (TPSA) is 83.7 Å². The summed E-state index contributed by atoms with van der Waals surface area (Å²) >= 11 is 5.71. The van der Waals surface area contributed by atoms with Gasteiger partial charge in [0.1, 0.15) is 18.0 Å².